The van der Waals surface area contributed by atoms with Crippen LogP contribution in [0.5, 0.6) is 5.75 Å². The molecule has 1 aliphatic heterocycles. The van der Waals surface area contributed by atoms with Crippen LogP contribution < -0.4 is 4.74 Å². The lowest BCUT2D eigenvalue weighted by Crippen LogP contribution is -1.97. The van der Waals surface area contributed by atoms with Gasteiger partial charge in [-0.3, -0.25) is 0 Å². The molecule has 1 aromatic rings. The molecule has 1 atom stereocenters. The van der Waals surface area contributed by atoms with Gasteiger partial charge in [-0.05, 0) is 18.2 Å². The van der Waals surface area contributed by atoms with E-state index in [0.29, 0.717) is 6.61 Å². The average molecular weight is 215 g/mol. The summed E-state index contributed by atoms with van der Waals surface area (Å²) in [5.74, 6) is 0.792. The Morgan fingerprint density at radius 3 is 3.18 bits per heavy atom. The van der Waals surface area contributed by atoms with E-state index in [0.717, 1.165) is 15.8 Å². The van der Waals surface area contributed by atoms with Crippen LogP contribution in [0, 0.1) is 0 Å². The van der Waals surface area contributed by atoms with Crippen LogP contribution in [0.25, 0.3) is 0 Å². The van der Waals surface area contributed by atoms with Crippen LogP contribution in [-0.2, 0) is 0 Å². The van der Waals surface area contributed by atoms with Gasteiger partial charge in [-0.2, -0.15) is 0 Å². The molecule has 0 aromatic heterocycles. The Hall–Kier alpha value is -0.540. The fourth-order valence-electron chi connectivity index (χ4n) is 1.17. The van der Waals surface area contributed by atoms with Gasteiger partial charge in [0.25, 0.3) is 0 Å². The smallest absolute Gasteiger partial charge is 0.125 e. The first-order valence-electron chi connectivity index (χ1n) is 3.37. The standard InChI is InChI=1S/C8H7BrO2/c9-5-1-2-8-6(3-5)7(10)4-11-8/h1-3,7,10H,4H2. The third-order valence-corrected chi connectivity index (χ3v) is 2.22. The van der Waals surface area contributed by atoms with Crippen molar-refractivity contribution in [3.05, 3.63) is 28.2 Å². The Labute approximate surface area is 72.9 Å². The number of hydrogen-bond donors (Lipinski definition) is 1. The molecule has 58 valence electrons. The van der Waals surface area contributed by atoms with Gasteiger partial charge < -0.3 is 9.84 Å². The third-order valence-electron chi connectivity index (χ3n) is 1.73. The Morgan fingerprint density at radius 1 is 1.55 bits per heavy atom. The van der Waals surface area contributed by atoms with Crippen LogP contribution >= 0.6 is 15.9 Å². The van der Waals surface area contributed by atoms with Crippen molar-refractivity contribution < 1.29 is 9.84 Å². The van der Waals surface area contributed by atoms with Crippen molar-refractivity contribution in [3.8, 4) is 5.75 Å². The summed E-state index contributed by atoms with van der Waals surface area (Å²) in [5.41, 5.74) is 0.874. The second-order valence-corrected chi connectivity index (χ2v) is 3.42. The summed E-state index contributed by atoms with van der Waals surface area (Å²) in [6, 6.07) is 5.64. The van der Waals surface area contributed by atoms with E-state index in [2.05, 4.69) is 15.9 Å². The second kappa shape index (κ2) is 2.50. The van der Waals surface area contributed by atoms with E-state index in [1.165, 1.54) is 0 Å². The summed E-state index contributed by atoms with van der Waals surface area (Å²) < 4.78 is 6.17. The first-order valence-corrected chi connectivity index (χ1v) is 4.17. The first kappa shape index (κ1) is 7.13. The fourth-order valence-corrected chi connectivity index (χ4v) is 1.55. The van der Waals surface area contributed by atoms with Crippen LogP contribution in [0.3, 0.4) is 0 Å². The van der Waals surface area contributed by atoms with Gasteiger partial charge in [-0.1, -0.05) is 15.9 Å². The van der Waals surface area contributed by atoms with Gasteiger partial charge in [0.05, 0.1) is 0 Å². The zero-order valence-electron chi connectivity index (χ0n) is 5.75. The lowest BCUT2D eigenvalue weighted by atomic mass is 10.1. The minimum absolute atomic E-state index is 0.381. The van der Waals surface area contributed by atoms with Crippen molar-refractivity contribution in [1.29, 1.82) is 0 Å². The Bertz CT molecular complexity index is 285. The highest BCUT2D eigenvalue weighted by molar-refractivity contribution is 9.10. The minimum Gasteiger partial charge on any atom is -0.490 e. The number of benzene rings is 1. The summed E-state index contributed by atoms with van der Waals surface area (Å²) in [6.07, 6.45) is -0.456. The van der Waals surface area contributed by atoms with Crippen LogP contribution in [0.1, 0.15) is 11.7 Å². The molecule has 1 N–H and O–H groups in total. The lowest BCUT2D eigenvalue weighted by Gasteiger charge is -1.98. The highest BCUT2D eigenvalue weighted by Gasteiger charge is 2.21. The molecule has 2 nitrogen and oxygen atoms in total. The largest absolute Gasteiger partial charge is 0.490 e. The van der Waals surface area contributed by atoms with Crippen molar-refractivity contribution in [2.45, 2.75) is 6.10 Å². The van der Waals surface area contributed by atoms with Gasteiger partial charge in [0.1, 0.15) is 18.5 Å². The SMILES string of the molecule is OC1COc2ccc(Br)cc21. The van der Waals surface area contributed by atoms with Crippen LogP contribution in [0.4, 0.5) is 0 Å². The molecule has 0 radical (unpaired) electrons. The van der Waals surface area contributed by atoms with Gasteiger partial charge in [-0.15, -0.1) is 0 Å². The van der Waals surface area contributed by atoms with Crippen molar-refractivity contribution >= 4 is 15.9 Å². The third kappa shape index (κ3) is 1.14. The topological polar surface area (TPSA) is 29.5 Å². The Balaban J connectivity index is 2.52. The zero-order chi connectivity index (χ0) is 7.84. The highest BCUT2D eigenvalue weighted by Crippen LogP contribution is 2.33. The molecule has 1 aromatic carbocycles. The predicted octanol–water partition coefficient (Wildman–Crippen LogP) is 1.87. The van der Waals surface area contributed by atoms with E-state index < -0.39 is 6.10 Å². The van der Waals surface area contributed by atoms with Gasteiger partial charge >= 0.3 is 0 Å². The first-order chi connectivity index (χ1) is 5.27. The molecule has 0 amide bonds. The van der Waals surface area contributed by atoms with Gasteiger partial charge in [-0.25, -0.2) is 0 Å². The molecule has 0 bridgehead atoms. The normalized spacial score (nSPS) is 21.1. The highest BCUT2D eigenvalue weighted by atomic mass is 79.9. The molecule has 0 spiro atoms. The predicted molar refractivity (Wildman–Crippen MR) is 44.6 cm³/mol. The lowest BCUT2D eigenvalue weighted by molar-refractivity contribution is 0.140. The van der Waals surface area contributed by atoms with Gasteiger partial charge in [0.15, 0.2) is 0 Å². The minimum atomic E-state index is -0.456. The molecule has 0 saturated carbocycles. The van der Waals surface area contributed by atoms with E-state index in [9.17, 15) is 5.11 Å². The molecule has 1 heterocycles. The van der Waals surface area contributed by atoms with Crippen LogP contribution in [-0.4, -0.2) is 11.7 Å². The molecule has 11 heavy (non-hydrogen) atoms. The Kier molecular flexibility index (Phi) is 1.62. The maximum absolute atomic E-state index is 9.36. The number of aliphatic hydroxyl groups is 1. The number of halogens is 1. The van der Waals surface area contributed by atoms with Crippen LogP contribution in [0.2, 0.25) is 0 Å². The molecule has 1 aliphatic rings. The van der Waals surface area contributed by atoms with E-state index >= 15 is 0 Å². The van der Waals surface area contributed by atoms with Gasteiger partial charge in [0.2, 0.25) is 0 Å². The number of ether oxygens (including phenoxy) is 1. The zero-order valence-corrected chi connectivity index (χ0v) is 7.34. The van der Waals surface area contributed by atoms with Crippen LogP contribution in [0.15, 0.2) is 22.7 Å². The van der Waals surface area contributed by atoms with E-state index in [1.807, 2.05) is 18.2 Å². The molecular formula is C8H7BrO2. The molecule has 0 saturated heterocycles. The summed E-state index contributed by atoms with van der Waals surface area (Å²) >= 11 is 3.33. The number of hydrogen-bond acceptors (Lipinski definition) is 2. The molecule has 2 rings (SSSR count). The van der Waals surface area contributed by atoms with Crippen molar-refractivity contribution in [1.82, 2.24) is 0 Å². The maximum atomic E-state index is 9.36. The number of fused-ring (bicyclic) bond motifs is 1. The summed E-state index contributed by atoms with van der Waals surface area (Å²) in [4.78, 5) is 0. The average Bonchev–Trinajstić information content (AvgIpc) is 2.33. The van der Waals surface area contributed by atoms with E-state index in [1.54, 1.807) is 0 Å². The molecule has 1 unspecified atom stereocenters. The van der Waals surface area contributed by atoms with Crippen molar-refractivity contribution in [2.24, 2.45) is 0 Å². The monoisotopic (exact) mass is 214 g/mol. The van der Waals surface area contributed by atoms with E-state index in [-0.39, 0.29) is 0 Å². The summed E-state index contributed by atoms with van der Waals surface area (Å²) in [5, 5.41) is 9.36. The second-order valence-electron chi connectivity index (χ2n) is 2.51. The fraction of sp³-hybridized carbons (Fsp3) is 0.250. The van der Waals surface area contributed by atoms with E-state index in [4.69, 9.17) is 4.74 Å². The Morgan fingerprint density at radius 2 is 2.36 bits per heavy atom. The van der Waals surface area contributed by atoms with Crippen molar-refractivity contribution in [2.75, 3.05) is 6.61 Å². The molecule has 0 fully saturated rings. The van der Waals surface area contributed by atoms with Crippen molar-refractivity contribution in [3.63, 3.8) is 0 Å². The maximum Gasteiger partial charge on any atom is 0.125 e. The van der Waals surface area contributed by atoms with Gasteiger partial charge in [0, 0.05) is 10.0 Å². The molecular weight excluding hydrogens is 208 g/mol. The summed E-state index contributed by atoms with van der Waals surface area (Å²) in [7, 11) is 0. The summed E-state index contributed by atoms with van der Waals surface area (Å²) in [6.45, 7) is 0.381. The number of rotatable bonds is 0. The molecule has 0 aliphatic carbocycles. The molecule has 3 heteroatoms. The number of aliphatic hydroxyl groups excluding tert-OH is 1. The quantitative estimate of drug-likeness (QED) is 0.715.